The molecule has 1 atom stereocenters. The van der Waals surface area contributed by atoms with Gasteiger partial charge in [0, 0.05) is 12.6 Å². The normalized spacial score (nSPS) is 12.3. The number of halogens is 1. The molecule has 0 aliphatic rings. The van der Waals surface area contributed by atoms with Gasteiger partial charge in [0.05, 0.1) is 13.4 Å². The summed E-state index contributed by atoms with van der Waals surface area (Å²) < 4.78 is 55.1. The molecule has 8 nitrogen and oxygen atoms in total. The molecule has 2 rings (SSSR count). The van der Waals surface area contributed by atoms with Gasteiger partial charge in [0.25, 0.3) is 0 Å². The number of amides is 1. The molecule has 182 valence electrons. The van der Waals surface area contributed by atoms with Gasteiger partial charge in [-0.3, -0.25) is 4.79 Å². The lowest BCUT2D eigenvalue weighted by atomic mass is 10.0. The van der Waals surface area contributed by atoms with Crippen molar-refractivity contribution in [1.29, 1.82) is 0 Å². The Morgan fingerprint density at radius 3 is 2.42 bits per heavy atom. The van der Waals surface area contributed by atoms with E-state index in [0.717, 1.165) is 11.8 Å². The molecule has 2 N–H and O–H groups in total. The van der Waals surface area contributed by atoms with Gasteiger partial charge in [0.1, 0.15) is 30.8 Å². The SMILES string of the molecule is COc1cc(CCNC(=O)C(NS(C)(=O)=O)C(C)C)ccc1OCCOc1cccc(F)c1. The predicted molar refractivity (Wildman–Crippen MR) is 124 cm³/mol. The number of ether oxygens (including phenoxy) is 3. The summed E-state index contributed by atoms with van der Waals surface area (Å²) in [7, 11) is -1.97. The highest BCUT2D eigenvalue weighted by Gasteiger charge is 2.24. The number of benzene rings is 2. The molecule has 0 heterocycles. The van der Waals surface area contributed by atoms with E-state index >= 15 is 0 Å². The molecule has 1 unspecified atom stereocenters. The summed E-state index contributed by atoms with van der Waals surface area (Å²) in [4.78, 5) is 12.4. The van der Waals surface area contributed by atoms with Crippen molar-refractivity contribution in [2.75, 3.05) is 33.1 Å². The second-order valence-corrected chi connectivity index (χ2v) is 9.57. The van der Waals surface area contributed by atoms with Crippen LogP contribution < -0.4 is 24.2 Å². The lowest BCUT2D eigenvalue weighted by Gasteiger charge is -2.20. The van der Waals surface area contributed by atoms with E-state index in [-0.39, 0.29) is 30.9 Å². The maximum absolute atomic E-state index is 13.2. The molecule has 0 aliphatic heterocycles. The second-order valence-electron chi connectivity index (χ2n) is 7.79. The van der Waals surface area contributed by atoms with Crippen LogP contribution in [0.25, 0.3) is 0 Å². The summed E-state index contributed by atoms with van der Waals surface area (Å²) in [5, 5.41) is 2.77. The van der Waals surface area contributed by atoms with Crippen LogP contribution in [0.1, 0.15) is 19.4 Å². The summed E-state index contributed by atoms with van der Waals surface area (Å²) in [6, 6.07) is 10.5. The third-order valence-electron chi connectivity index (χ3n) is 4.64. The number of hydrogen-bond acceptors (Lipinski definition) is 6. The van der Waals surface area contributed by atoms with E-state index < -0.39 is 16.1 Å². The minimum atomic E-state index is -3.50. The maximum Gasteiger partial charge on any atom is 0.238 e. The predicted octanol–water partition coefficient (Wildman–Crippen LogP) is 2.52. The molecule has 0 fully saturated rings. The average molecular weight is 483 g/mol. The lowest BCUT2D eigenvalue weighted by molar-refractivity contribution is -0.123. The van der Waals surface area contributed by atoms with Gasteiger partial charge in [-0.2, -0.15) is 0 Å². The summed E-state index contributed by atoms with van der Waals surface area (Å²) in [6.45, 7) is 4.36. The van der Waals surface area contributed by atoms with Gasteiger partial charge >= 0.3 is 0 Å². The van der Waals surface area contributed by atoms with E-state index in [1.807, 2.05) is 12.1 Å². The third-order valence-corrected chi connectivity index (χ3v) is 5.32. The Labute approximate surface area is 194 Å². The zero-order valence-electron chi connectivity index (χ0n) is 19.3. The highest BCUT2D eigenvalue weighted by atomic mass is 32.2. The van der Waals surface area contributed by atoms with Crippen molar-refractivity contribution in [2.24, 2.45) is 5.92 Å². The molecular formula is C23H31FN2O6S. The highest BCUT2D eigenvalue weighted by molar-refractivity contribution is 7.88. The minimum Gasteiger partial charge on any atom is -0.493 e. The number of nitrogens with one attached hydrogen (secondary N) is 2. The van der Waals surface area contributed by atoms with E-state index in [1.165, 1.54) is 19.2 Å². The van der Waals surface area contributed by atoms with Gasteiger partial charge < -0.3 is 19.5 Å². The summed E-state index contributed by atoms with van der Waals surface area (Å²) in [5.41, 5.74) is 0.910. The standard InChI is InChI=1S/C23H31FN2O6S/c1-16(2)22(26-33(4,28)29)23(27)25-11-10-17-8-9-20(21(14-17)30-3)32-13-12-31-19-7-5-6-18(24)15-19/h5-9,14-16,22,26H,10-13H2,1-4H3,(H,25,27). The van der Waals surface area contributed by atoms with Gasteiger partial charge in [0.15, 0.2) is 11.5 Å². The Morgan fingerprint density at radius 2 is 1.79 bits per heavy atom. The maximum atomic E-state index is 13.2. The van der Waals surface area contributed by atoms with E-state index in [0.29, 0.717) is 30.2 Å². The lowest BCUT2D eigenvalue weighted by Crippen LogP contribution is -2.49. The number of carbonyl (C=O) groups excluding carboxylic acids is 1. The Balaban J connectivity index is 1.85. The molecule has 2 aromatic carbocycles. The van der Waals surface area contributed by atoms with Crippen LogP contribution in [0.4, 0.5) is 4.39 Å². The molecule has 33 heavy (non-hydrogen) atoms. The highest BCUT2D eigenvalue weighted by Crippen LogP contribution is 2.28. The Morgan fingerprint density at radius 1 is 1.06 bits per heavy atom. The van der Waals surface area contributed by atoms with Crippen molar-refractivity contribution in [3.05, 3.63) is 53.8 Å². The first kappa shape index (κ1) is 26.4. The smallest absolute Gasteiger partial charge is 0.238 e. The van der Waals surface area contributed by atoms with E-state index in [1.54, 1.807) is 32.0 Å². The first-order valence-electron chi connectivity index (χ1n) is 10.5. The van der Waals surface area contributed by atoms with Crippen LogP contribution in [0.3, 0.4) is 0 Å². The zero-order chi connectivity index (χ0) is 24.4. The third kappa shape index (κ3) is 9.27. The van der Waals surface area contributed by atoms with Crippen molar-refractivity contribution >= 4 is 15.9 Å². The first-order valence-corrected chi connectivity index (χ1v) is 12.4. The van der Waals surface area contributed by atoms with Crippen LogP contribution in [-0.2, 0) is 21.2 Å². The fourth-order valence-corrected chi connectivity index (χ4v) is 3.86. The first-order chi connectivity index (χ1) is 15.6. The molecule has 10 heteroatoms. The molecular weight excluding hydrogens is 451 g/mol. The van der Waals surface area contributed by atoms with Crippen molar-refractivity contribution in [3.63, 3.8) is 0 Å². The van der Waals surface area contributed by atoms with E-state index in [4.69, 9.17) is 14.2 Å². The van der Waals surface area contributed by atoms with Gasteiger partial charge in [-0.1, -0.05) is 26.0 Å². The van der Waals surface area contributed by atoms with Crippen LogP contribution in [0, 0.1) is 11.7 Å². The van der Waals surface area contributed by atoms with Crippen LogP contribution in [0.5, 0.6) is 17.2 Å². The molecule has 0 aliphatic carbocycles. The van der Waals surface area contributed by atoms with Gasteiger partial charge in [0.2, 0.25) is 15.9 Å². The fraction of sp³-hybridized carbons (Fsp3) is 0.435. The molecule has 0 spiro atoms. The number of carbonyl (C=O) groups is 1. The number of hydrogen-bond donors (Lipinski definition) is 2. The summed E-state index contributed by atoms with van der Waals surface area (Å²) >= 11 is 0. The van der Waals surface area contributed by atoms with Gasteiger partial charge in [-0.25, -0.2) is 17.5 Å². The molecule has 1 amide bonds. The van der Waals surface area contributed by atoms with Gasteiger partial charge in [-0.15, -0.1) is 0 Å². The molecule has 2 aromatic rings. The van der Waals surface area contributed by atoms with Gasteiger partial charge in [-0.05, 0) is 42.2 Å². The quantitative estimate of drug-likeness (QED) is 0.426. The summed E-state index contributed by atoms with van der Waals surface area (Å²) in [6.07, 6.45) is 1.55. The van der Waals surface area contributed by atoms with E-state index in [2.05, 4.69) is 10.0 Å². The average Bonchev–Trinajstić information content (AvgIpc) is 2.74. The van der Waals surface area contributed by atoms with Crippen LogP contribution >= 0.6 is 0 Å². The van der Waals surface area contributed by atoms with Crippen molar-refractivity contribution in [3.8, 4) is 17.2 Å². The van der Waals surface area contributed by atoms with Crippen molar-refractivity contribution < 1.29 is 31.8 Å². The fourth-order valence-electron chi connectivity index (χ4n) is 3.02. The number of sulfonamides is 1. The Bertz CT molecular complexity index is 1030. The van der Waals surface area contributed by atoms with Crippen LogP contribution in [0.15, 0.2) is 42.5 Å². The van der Waals surface area contributed by atoms with Crippen molar-refractivity contribution in [2.45, 2.75) is 26.3 Å². The molecule has 0 saturated carbocycles. The molecule has 0 saturated heterocycles. The molecule has 0 radical (unpaired) electrons. The Hall–Kier alpha value is -2.85. The second kappa shape index (κ2) is 12.4. The largest absolute Gasteiger partial charge is 0.493 e. The molecule has 0 bridgehead atoms. The van der Waals surface area contributed by atoms with E-state index in [9.17, 15) is 17.6 Å². The van der Waals surface area contributed by atoms with Crippen molar-refractivity contribution in [1.82, 2.24) is 10.0 Å². The molecule has 0 aromatic heterocycles. The van der Waals surface area contributed by atoms with Crippen LogP contribution in [0.2, 0.25) is 0 Å². The summed E-state index contributed by atoms with van der Waals surface area (Å²) in [5.74, 6) is 0.554. The topological polar surface area (TPSA) is 103 Å². The monoisotopic (exact) mass is 482 g/mol. The van der Waals surface area contributed by atoms with Crippen LogP contribution in [-0.4, -0.2) is 53.5 Å². The number of methoxy groups -OCH3 is 1. The zero-order valence-corrected chi connectivity index (χ0v) is 20.1. The number of rotatable bonds is 13. The minimum absolute atomic E-state index is 0.193. The Kier molecular flexibility index (Phi) is 9.93.